The first-order valence-corrected chi connectivity index (χ1v) is 27.1. The lowest BCUT2D eigenvalue weighted by Gasteiger charge is -2.24. The Hall–Kier alpha value is -1.66. The van der Waals surface area contributed by atoms with Gasteiger partial charge in [0.25, 0.3) is 0 Å². The standard InChI is InChI=1S/C55H105NO5/c1-4-7-10-13-16-19-22-25-27-28-29-31-34-37-40-43-46-51(61-55(60)48-45-42-39-36-33-24-21-18-15-12-9-6-3)49-54(59)56-52(50-57)53(58)47-44-41-38-35-32-30-26-23-20-17-14-11-8-5-2/h18,21,29,31,51-53,57-58H,4-17,19-20,22-28,30,32-50H2,1-3H3,(H,56,59)/b21-18-,31-29+. The van der Waals surface area contributed by atoms with Crippen molar-refractivity contribution in [3.8, 4) is 0 Å². The summed E-state index contributed by atoms with van der Waals surface area (Å²) in [6.45, 7) is 6.48. The third-order valence-corrected chi connectivity index (χ3v) is 12.5. The van der Waals surface area contributed by atoms with Crippen molar-refractivity contribution < 1.29 is 24.5 Å². The highest BCUT2D eigenvalue weighted by Crippen LogP contribution is 2.18. The summed E-state index contributed by atoms with van der Waals surface area (Å²) in [4.78, 5) is 26.2. The van der Waals surface area contributed by atoms with Crippen LogP contribution in [-0.4, -0.2) is 46.9 Å². The molecule has 0 aliphatic rings. The molecule has 0 aromatic heterocycles. The number of nitrogens with one attached hydrogen (secondary N) is 1. The minimum Gasteiger partial charge on any atom is -0.462 e. The molecule has 0 aromatic carbocycles. The first kappa shape index (κ1) is 59.3. The molecule has 0 aliphatic carbocycles. The zero-order chi connectivity index (χ0) is 44.5. The second-order valence-corrected chi connectivity index (χ2v) is 18.6. The summed E-state index contributed by atoms with van der Waals surface area (Å²) in [5, 5.41) is 23.8. The molecular weight excluding hydrogens is 755 g/mol. The molecule has 3 atom stereocenters. The third-order valence-electron chi connectivity index (χ3n) is 12.5. The number of amides is 1. The van der Waals surface area contributed by atoms with Crippen LogP contribution >= 0.6 is 0 Å². The molecule has 360 valence electrons. The fraction of sp³-hybridized carbons (Fsp3) is 0.891. The second kappa shape index (κ2) is 49.4. The van der Waals surface area contributed by atoms with Gasteiger partial charge in [0.2, 0.25) is 5.91 Å². The number of hydrogen-bond acceptors (Lipinski definition) is 5. The van der Waals surface area contributed by atoms with Crippen molar-refractivity contribution in [1.29, 1.82) is 0 Å². The molecular formula is C55H105NO5. The molecule has 6 heteroatoms. The van der Waals surface area contributed by atoms with Crippen LogP contribution in [0.25, 0.3) is 0 Å². The van der Waals surface area contributed by atoms with E-state index in [1.54, 1.807) is 0 Å². The van der Waals surface area contributed by atoms with E-state index >= 15 is 0 Å². The molecule has 0 saturated carbocycles. The van der Waals surface area contributed by atoms with Gasteiger partial charge in [0, 0.05) is 6.42 Å². The molecule has 0 saturated heterocycles. The van der Waals surface area contributed by atoms with Crippen molar-refractivity contribution in [2.75, 3.05) is 6.61 Å². The highest BCUT2D eigenvalue weighted by atomic mass is 16.5. The summed E-state index contributed by atoms with van der Waals surface area (Å²) in [7, 11) is 0. The molecule has 3 unspecified atom stereocenters. The van der Waals surface area contributed by atoms with Crippen LogP contribution in [-0.2, 0) is 14.3 Å². The number of esters is 1. The van der Waals surface area contributed by atoms with Gasteiger partial charge in [0.05, 0.1) is 25.2 Å². The number of hydrogen-bond donors (Lipinski definition) is 3. The molecule has 0 aliphatic heterocycles. The van der Waals surface area contributed by atoms with Gasteiger partial charge in [-0.05, 0) is 77.0 Å². The number of ether oxygens (including phenoxy) is 1. The Morgan fingerprint density at radius 3 is 1.21 bits per heavy atom. The number of rotatable bonds is 49. The van der Waals surface area contributed by atoms with E-state index in [2.05, 4.69) is 50.4 Å². The minimum atomic E-state index is -0.789. The summed E-state index contributed by atoms with van der Waals surface area (Å²) in [5.41, 5.74) is 0. The Morgan fingerprint density at radius 2 is 0.787 bits per heavy atom. The predicted molar refractivity (Wildman–Crippen MR) is 264 cm³/mol. The highest BCUT2D eigenvalue weighted by molar-refractivity contribution is 5.77. The quantitative estimate of drug-likeness (QED) is 0.0322. The molecule has 61 heavy (non-hydrogen) atoms. The molecule has 0 bridgehead atoms. The first-order chi connectivity index (χ1) is 30.0. The Balaban J connectivity index is 4.57. The lowest BCUT2D eigenvalue weighted by atomic mass is 10.0. The van der Waals surface area contributed by atoms with Crippen LogP contribution in [0.4, 0.5) is 0 Å². The summed E-state index contributed by atoms with van der Waals surface area (Å²) in [5.74, 6) is -0.487. The van der Waals surface area contributed by atoms with Crippen molar-refractivity contribution in [2.24, 2.45) is 0 Å². The molecule has 0 heterocycles. The van der Waals surface area contributed by atoms with Gasteiger partial charge in [-0.1, -0.05) is 225 Å². The SMILES string of the molecule is CCCCC/C=C\CCCCCCCC(=O)OC(CCCCC/C=C/CCCCCCCCCCC)CC(=O)NC(CO)C(O)CCCCCCCCCCCCCCCC. The topological polar surface area (TPSA) is 95.9 Å². The summed E-state index contributed by atoms with van der Waals surface area (Å²) in [6.07, 6.45) is 56.7. The average Bonchev–Trinajstić information content (AvgIpc) is 3.25. The predicted octanol–water partition coefficient (Wildman–Crippen LogP) is 16.3. The van der Waals surface area contributed by atoms with E-state index in [0.717, 1.165) is 64.2 Å². The Morgan fingerprint density at radius 1 is 0.459 bits per heavy atom. The Labute approximate surface area is 380 Å². The highest BCUT2D eigenvalue weighted by Gasteiger charge is 2.24. The van der Waals surface area contributed by atoms with Gasteiger partial charge in [0.1, 0.15) is 6.10 Å². The van der Waals surface area contributed by atoms with Crippen molar-refractivity contribution in [1.82, 2.24) is 5.32 Å². The molecule has 1 amide bonds. The van der Waals surface area contributed by atoms with E-state index in [9.17, 15) is 19.8 Å². The number of carbonyl (C=O) groups excluding carboxylic acids is 2. The fourth-order valence-electron chi connectivity index (χ4n) is 8.36. The van der Waals surface area contributed by atoms with Crippen LogP contribution < -0.4 is 5.32 Å². The Kier molecular flexibility index (Phi) is 48.0. The van der Waals surface area contributed by atoms with E-state index in [4.69, 9.17) is 4.74 Å². The molecule has 0 aromatic rings. The molecule has 0 rings (SSSR count). The second-order valence-electron chi connectivity index (χ2n) is 18.6. The summed E-state index contributed by atoms with van der Waals surface area (Å²) >= 11 is 0. The number of carbonyl (C=O) groups is 2. The van der Waals surface area contributed by atoms with Crippen LogP contribution in [0.15, 0.2) is 24.3 Å². The molecule has 0 radical (unpaired) electrons. The third kappa shape index (κ3) is 44.7. The zero-order valence-electron chi connectivity index (χ0n) is 41.1. The van der Waals surface area contributed by atoms with Gasteiger partial charge in [-0.25, -0.2) is 0 Å². The maximum Gasteiger partial charge on any atom is 0.306 e. The first-order valence-electron chi connectivity index (χ1n) is 27.1. The largest absolute Gasteiger partial charge is 0.462 e. The van der Waals surface area contributed by atoms with Crippen LogP contribution in [0.5, 0.6) is 0 Å². The monoisotopic (exact) mass is 860 g/mol. The molecule has 3 N–H and O–H groups in total. The van der Waals surface area contributed by atoms with Crippen molar-refractivity contribution in [2.45, 2.75) is 309 Å². The number of aliphatic hydroxyl groups is 2. The van der Waals surface area contributed by atoms with E-state index in [1.165, 1.54) is 180 Å². The van der Waals surface area contributed by atoms with Crippen LogP contribution in [0.1, 0.15) is 290 Å². The van der Waals surface area contributed by atoms with Gasteiger partial charge in [-0.3, -0.25) is 9.59 Å². The van der Waals surface area contributed by atoms with Gasteiger partial charge in [-0.15, -0.1) is 0 Å². The zero-order valence-corrected chi connectivity index (χ0v) is 41.1. The normalized spacial score (nSPS) is 13.3. The Bertz CT molecular complexity index is 966. The van der Waals surface area contributed by atoms with Crippen molar-refractivity contribution in [3.63, 3.8) is 0 Å². The van der Waals surface area contributed by atoms with Crippen LogP contribution in [0.3, 0.4) is 0 Å². The fourth-order valence-corrected chi connectivity index (χ4v) is 8.36. The van der Waals surface area contributed by atoms with Gasteiger partial charge in [0.15, 0.2) is 0 Å². The van der Waals surface area contributed by atoms with E-state index < -0.39 is 18.2 Å². The smallest absolute Gasteiger partial charge is 0.306 e. The number of unbranched alkanes of at least 4 members (excludes halogenated alkanes) is 33. The van der Waals surface area contributed by atoms with E-state index in [1.807, 2.05) is 0 Å². The van der Waals surface area contributed by atoms with Gasteiger partial charge in [-0.2, -0.15) is 0 Å². The summed E-state index contributed by atoms with van der Waals surface area (Å²) < 4.78 is 5.93. The lowest BCUT2D eigenvalue weighted by Crippen LogP contribution is -2.46. The number of allylic oxidation sites excluding steroid dienone is 4. The van der Waals surface area contributed by atoms with Crippen LogP contribution in [0.2, 0.25) is 0 Å². The average molecular weight is 860 g/mol. The van der Waals surface area contributed by atoms with Gasteiger partial charge >= 0.3 is 5.97 Å². The minimum absolute atomic E-state index is 0.0679. The molecule has 6 nitrogen and oxygen atoms in total. The van der Waals surface area contributed by atoms with E-state index in [-0.39, 0.29) is 24.9 Å². The lowest BCUT2D eigenvalue weighted by molar-refractivity contribution is -0.151. The van der Waals surface area contributed by atoms with Crippen molar-refractivity contribution >= 4 is 11.9 Å². The molecule has 0 spiro atoms. The number of aliphatic hydroxyl groups excluding tert-OH is 2. The van der Waals surface area contributed by atoms with E-state index in [0.29, 0.717) is 19.3 Å². The maximum atomic E-state index is 13.2. The van der Waals surface area contributed by atoms with Gasteiger partial charge < -0.3 is 20.3 Å². The maximum absolute atomic E-state index is 13.2. The summed E-state index contributed by atoms with van der Waals surface area (Å²) in [6, 6.07) is -0.704. The van der Waals surface area contributed by atoms with Crippen LogP contribution in [0, 0.1) is 0 Å². The van der Waals surface area contributed by atoms with Crippen molar-refractivity contribution in [3.05, 3.63) is 24.3 Å². The molecule has 0 fully saturated rings.